The predicted molar refractivity (Wildman–Crippen MR) is 134 cm³/mol. The van der Waals surface area contributed by atoms with Crippen molar-refractivity contribution in [2.45, 2.75) is 24.4 Å². The number of benzene rings is 3. The molecule has 0 spiro atoms. The van der Waals surface area contributed by atoms with E-state index in [-0.39, 0.29) is 17.1 Å². The quantitative estimate of drug-likeness (QED) is 0.449. The molecular formula is C26H28FN3O5S. The highest BCUT2D eigenvalue weighted by Crippen LogP contribution is 2.26. The largest absolute Gasteiger partial charge is 0.497 e. The number of halogens is 1. The molecule has 0 heterocycles. The van der Waals surface area contributed by atoms with E-state index >= 15 is 0 Å². The summed E-state index contributed by atoms with van der Waals surface area (Å²) in [6.07, 6.45) is 0. The van der Waals surface area contributed by atoms with Crippen LogP contribution in [-0.2, 0) is 26.2 Å². The van der Waals surface area contributed by atoms with E-state index in [0.29, 0.717) is 11.3 Å². The van der Waals surface area contributed by atoms with E-state index in [2.05, 4.69) is 5.32 Å². The van der Waals surface area contributed by atoms with Crippen molar-refractivity contribution in [1.29, 1.82) is 0 Å². The summed E-state index contributed by atoms with van der Waals surface area (Å²) in [5.41, 5.74) is 0.838. The zero-order valence-electron chi connectivity index (χ0n) is 20.2. The molecule has 3 aromatic carbocycles. The number of nitrogens with one attached hydrogen (secondary N) is 1. The fourth-order valence-electron chi connectivity index (χ4n) is 3.57. The average Bonchev–Trinajstić information content (AvgIpc) is 2.90. The molecule has 0 saturated heterocycles. The van der Waals surface area contributed by atoms with Crippen LogP contribution in [0.2, 0.25) is 0 Å². The van der Waals surface area contributed by atoms with Crippen LogP contribution in [-0.4, -0.2) is 51.9 Å². The Kier molecular flexibility index (Phi) is 8.65. The van der Waals surface area contributed by atoms with Crippen molar-refractivity contribution < 1.29 is 27.1 Å². The number of likely N-dealkylation sites (N-methyl/N-ethyl adjacent to an activating group) is 1. The second-order valence-corrected chi connectivity index (χ2v) is 9.82. The highest BCUT2D eigenvalue weighted by atomic mass is 32.2. The van der Waals surface area contributed by atoms with Crippen LogP contribution >= 0.6 is 0 Å². The van der Waals surface area contributed by atoms with Crippen LogP contribution in [0.25, 0.3) is 0 Å². The minimum absolute atomic E-state index is 0.0121. The first-order valence-electron chi connectivity index (χ1n) is 11.1. The Hall–Kier alpha value is -3.92. The molecule has 0 aliphatic rings. The van der Waals surface area contributed by atoms with Gasteiger partial charge in [0, 0.05) is 13.6 Å². The van der Waals surface area contributed by atoms with Gasteiger partial charge in [-0.05, 0) is 61.0 Å². The van der Waals surface area contributed by atoms with Gasteiger partial charge >= 0.3 is 0 Å². The number of carbonyl (C=O) groups excluding carboxylic acids is 2. The van der Waals surface area contributed by atoms with Crippen molar-refractivity contribution in [3.63, 3.8) is 0 Å². The maximum atomic E-state index is 13.6. The molecule has 1 N–H and O–H groups in total. The fraction of sp³-hybridized carbons (Fsp3) is 0.231. The molecule has 190 valence electrons. The van der Waals surface area contributed by atoms with Gasteiger partial charge in [-0.3, -0.25) is 13.9 Å². The van der Waals surface area contributed by atoms with E-state index in [4.69, 9.17) is 4.74 Å². The van der Waals surface area contributed by atoms with Gasteiger partial charge in [0.05, 0.1) is 17.7 Å². The third-order valence-electron chi connectivity index (χ3n) is 5.65. The fourth-order valence-corrected chi connectivity index (χ4v) is 5.01. The van der Waals surface area contributed by atoms with Crippen molar-refractivity contribution in [3.8, 4) is 5.75 Å². The minimum Gasteiger partial charge on any atom is -0.497 e. The van der Waals surface area contributed by atoms with Crippen molar-refractivity contribution in [2.24, 2.45) is 0 Å². The number of hydrogen-bond donors (Lipinski definition) is 1. The second kappa shape index (κ2) is 11.7. The van der Waals surface area contributed by atoms with Gasteiger partial charge < -0.3 is 15.0 Å². The Bertz CT molecular complexity index is 1280. The summed E-state index contributed by atoms with van der Waals surface area (Å²) in [7, 11) is -1.20. The van der Waals surface area contributed by atoms with E-state index in [1.54, 1.807) is 49.4 Å². The minimum atomic E-state index is -4.14. The standard InChI is InChI=1S/C26H28FN3O5S/c1-19(26(32)28-2)29(17-20-9-11-21(27)12-10-20)25(31)18-30(22-13-15-23(35-3)16-14-22)36(33,34)24-7-5-4-6-8-24/h4-16,19H,17-18H2,1-3H3,(H,28,32)/t19-/m1/s1. The van der Waals surface area contributed by atoms with Crippen LogP contribution < -0.4 is 14.4 Å². The van der Waals surface area contributed by atoms with E-state index in [1.807, 2.05) is 0 Å². The van der Waals surface area contributed by atoms with Crippen LogP contribution in [0.3, 0.4) is 0 Å². The molecule has 0 aliphatic heterocycles. The molecule has 8 nitrogen and oxygen atoms in total. The number of methoxy groups -OCH3 is 1. The predicted octanol–water partition coefficient (Wildman–Crippen LogP) is 3.19. The summed E-state index contributed by atoms with van der Waals surface area (Å²) in [6.45, 7) is 0.964. The molecule has 0 aliphatic carbocycles. The molecule has 0 fully saturated rings. The van der Waals surface area contributed by atoms with Gasteiger partial charge in [-0.2, -0.15) is 0 Å². The summed E-state index contributed by atoms with van der Waals surface area (Å²) < 4.78 is 46.8. The van der Waals surface area contributed by atoms with E-state index in [9.17, 15) is 22.4 Å². The Morgan fingerprint density at radius 3 is 2.14 bits per heavy atom. The zero-order valence-corrected chi connectivity index (χ0v) is 21.0. The SMILES string of the molecule is CNC(=O)[C@@H](C)N(Cc1ccc(F)cc1)C(=O)CN(c1ccc(OC)cc1)S(=O)(=O)c1ccccc1. The van der Waals surface area contributed by atoms with Gasteiger partial charge in [0.25, 0.3) is 10.0 Å². The van der Waals surface area contributed by atoms with Gasteiger partial charge in [0.2, 0.25) is 11.8 Å². The monoisotopic (exact) mass is 513 g/mol. The highest BCUT2D eigenvalue weighted by molar-refractivity contribution is 7.92. The number of hydrogen-bond acceptors (Lipinski definition) is 5. The third kappa shape index (κ3) is 6.19. The van der Waals surface area contributed by atoms with Gasteiger partial charge in [0.15, 0.2) is 0 Å². The Balaban J connectivity index is 2.01. The highest BCUT2D eigenvalue weighted by Gasteiger charge is 2.32. The first-order chi connectivity index (χ1) is 17.2. The number of amides is 2. The molecule has 3 aromatic rings. The molecule has 0 bridgehead atoms. The van der Waals surface area contributed by atoms with Crippen molar-refractivity contribution in [2.75, 3.05) is 25.0 Å². The van der Waals surface area contributed by atoms with E-state index in [1.165, 1.54) is 55.5 Å². The maximum Gasteiger partial charge on any atom is 0.264 e. The lowest BCUT2D eigenvalue weighted by atomic mass is 10.1. The summed E-state index contributed by atoms with van der Waals surface area (Å²) >= 11 is 0. The third-order valence-corrected chi connectivity index (χ3v) is 7.44. The molecule has 0 saturated carbocycles. The number of nitrogens with zero attached hydrogens (tertiary/aromatic N) is 2. The normalized spacial score (nSPS) is 11.9. The lowest BCUT2D eigenvalue weighted by Gasteiger charge is -2.31. The summed E-state index contributed by atoms with van der Waals surface area (Å²) in [5.74, 6) is -0.943. The number of ether oxygens (including phenoxy) is 1. The molecule has 2 amide bonds. The zero-order chi connectivity index (χ0) is 26.3. The summed E-state index contributed by atoms with van der Waals surface area (Å²) in [4.78, 5) is 27.3. The molecule has 10 heteroatoms. The number of anilines is 1. The first kappa shape index (κ1) is 26.7. The van der Waals surface area contributed by atoms with Crippen LogP contribution in [0, 0.1) is 5.82 Å². The van der Waals surface area contributed by atoms with Gasteiger partial charge in [-0.25, -0.2) is 12.8 Å². The van der Waals surface area contributed by atoms with Gasteiger partial charge in [-0.1, -0.05) is 30.3 Å². The van der Waals surface area contributed by atoms with E-state index in [0.717, 1.165) is 4.31 Å². The molecule has 0 aromatic heterocycles. The lowest BCUT2D eigenvalue weighted by molar-refractivity contribution is -0.139. The maximum absolute atomic E-state index is 13.6. The summed E-state index contributed by atoms with van der Waals surface area (Å²) in [6, 6.07) is 18.7. The van der Waals surface area contributed by atoms with Crippen LogP contribution in [0.4, 0.5) is 10.1 Å². The first-order valence-corrected chi connectivity index (χ1v) is 12.6. The van der Waals surface area contributed by atoms with Crippen LogP contribution in [0.1, 0.15) is 12.5 Å². The molecule has 1 atom stereocenters. The van der Waals surface area contributed by atoms with Gasteiger partial charge in [0.1, 0.15) is 24.2 Å². The topological polar surface area (TPSA) is 96.0 Å². The molecular weight excluding hydrogens is 485 g/mol. The smallest absolute Gasteiger partial charge is 0.264 e. The van der Waals surface area contributed by atoms with Crippen molar-refractivity contribution in [1.82, 2.24) is 10.2 Å². The molecule has 0 unspecified atom stereocenters. The Morgan fingerprint density at radius 2 is 1.58 bits per heavy atom. The van der Waals surface area contributed by atoms with Crippen LogP contribution in [0.5, 0.6) is 5.75 Å². The Morgan fingerprint density at radius 1 is 0.972 bits per heavy atom. The van der Waals surface area contributed by atoms with Crippen molar-refractivity contribution in [3.05, 3.63) is 90.2 Å². The van der Waals surface area contributed by atoms with Gasteiger partial charge in [-0.15, -0.1) is 0 Å². The molecule has 36 heavy (non-hydrogen) atoms. The number of carbonyl (C=O) groups is 2. The summed E-state index contributed by atoms with van der Waals surface area (Å²) in [5, 5.41) is 2.51. The number of sulfonamides is 1. The van der Waals surface area contributed by atoms with E-state index < -0.39 is 40.2 Å². The number of rotatable bonds is 10. The average molecular weight is 514 g/mol. The second-order valence-electron chi connectivity index (χ2n) is 7.96. The van der Waals surface area contributed by atoms with Crippen LogP contribution in [0.15, 0.2) is 83.8 Å². The molecule has 0 radical (unpaired) electrons. The molecule has 3 rings (SSSR count). The lowest BCUT2D eigenvalue weighted by Crippen LogP contribution is -2.50. The Labute approximate surface area is 210 Å². The van der Waals surface area contributed by atoms with Crippen molar-refractivity contribution >= 4 is 27.5 Å².